The van der Waals surface area contributed by atoms with E-state index in [1.807, 2.05) is 23.9 Å². The minimum absolute atomic E-state index is 0.112. The molecule has 20 heavy (non-hydrogen) atoms. The van der Waals surface area contributed by atoms with Crippen LogP contribution in [-0.4, -0.2) is 24.6 Å². The summed E-state index contributed by atoms with van der Waals surface area (Å²) in [5, 5.41) is 8.80. The van der Waals surface area contributed by atoms with E-state index in [4.69, 9.17) is 9.84 Å². The second kappa shape index (κ2) is 9.74. The van der Waals surface area contributed by atoms with Crippen molar-refractivity contribution in [3.8, 4) is 17.6 Å². The monoisotopic (exact) mass is 292 g/mol. The van der Waals surface area contributed by atoms with Crippen LogP contribution in [0.25, 0.3) is 0 Å². The van der Waals surface area contributed by atoms with Crippen molar-refractivity contribution >= 4 is 11.8 Å². The smallest absolute Gasteiger partial charge is 0.119 e. The summed E-state index contributed by atoms with van der Waals surface area (Å²) >= 11 is 1.94. The quantitative estimate of drug-likeness (QED) is 0.777. The molecule has 110 valence electrons. The van der Waals surface area contributed by atoms with Gasteiger partial charge in [-0.25, -0.2) is 0 Å². The predicted octanol–water partition coefficient (Wildman–Crippen LogP) is 3.71. The van der Waals surface area contributed by atoms with E-state index in [0.29, 0.717) is 6.42 Å². The molecule has 1 aromatic carbocycles. The van der Waals surface area contributed by atoms with Gasteiger partial charge < -0.3 is 9.84 Å². The lowest BCUT2D eigenvalue weighted by molar-refractivity contribution is 0.305. The van der Waals surface area contributed by atoms with Crippen LogP contribution in [0.2, 0.25) is 0 Å². The lowest BCUT2D eigenvalue weighted by Gasteiger charge is -2.10. The second-order valence-corrected chi connectivity index (χ2v) is 5.86. The maximum Gasteiger partial charge on any atom is 0.119 e. The fourth-order valence-electron chi connectivity index (χ4n) is 1.64. The minimum Gasteiger partial charge on any atom is -0.497 e. The molecular weight excluding hydrogens is 268 g/mol. The van der Waals surface area contributed by atoms with Crippen molar-refractivity contribution in [2.75, 3.05) is 19.5 Å². The molecule has 0 bridgehead atoms. The highest BCUT2D eigenvalue weighted by Crippen LogP contribution is 2.23. The number of aliphatic hydroxyl groups excluding tert-OH is 1. The molecule has 0 aliphatic heterocycles. The fourth-order valence-corrected chi connectivity index (χ4v) is 2.85. The zero-order valence-electron chi connectivity index (χ0n) is 12.6. The first-order chi connectivity index (χ1) is 9.71. The number of thioether (sulfide) groups is 1. The van der Waals surface area contributed by atoms with Crippen molar-refractivity contribution in [3.05, 3.63) is 29.3 Å². The van der Waals surface area contributed by atoms with Gasteiger partial charge in [0.05, 0.1) is 13.7 Å². The summed E-state index contributed by atoms with van der Waals surface area (Å²) in [5.41, 5.74) is 2.25. The molecular formula is C17H24O2S. The number of methoxy groups -OCH3 is 1. The number of hydrogen-bond acceptors (Lipinski definition) is 3. The summed E-state index contributed by atoms with van der Waals surface area (Å²) in [4.78, 5) is 0. The highest BCUT2D eigenvalue weighted by atomic mass is 32.2. The van der Waals surface area contributed by atoms with Crippen molar-refractivity contribution in [3.63, 3.8) is 0 Å². The Bertz CT molecular complexity index is 460. The van der Waals surface area contributed by atoms with Crippen LogP contribution in [0, 0.1) is 17.8 Å². The van der Waals surface area contributed by atoms with E-state index < -0.39 is 0 Å². The van der Waals surface area contributed by atoms with Crippen molar-refractivity contribution < 1.29 is 9.84 Å². The standard InChI is InChI=1S/C17H24O2S/c1-4-14(2)12-20-13-16-11-17(19-3)9-8-15(16)7-5-6-10-18/h8-9,11,14,18H,4,6,10,12-13H2,1-3H3. The first-order valence-electron chi connectivity index (χ1n) is 7.05. The van der Waals surface area contributed by atoms with Crippen molar-refractivity contribution in [1.82, 2.24) is 0 Å². The molecule has 0 spiro atoms. The Labute approximate surface area is 126 Å². The number of aliphatic hydroxyl groups is 1. The molecule has 1 unspecified atom stereocenters. The SMILES string of the molecule is CCC(C)CSCc1cc(OC)ccc1C#CCCO. The van der Waals surface area contributed by atoms with E-state index in [-0.39, 0.29) is 6.61 Å². The third-order valence-electron chi connectivity index (χ3n) is 3.13. The first-order valence-corrected chi connectivity index (χ1v) is 8.21. The van der Waals surface area contributed by atoms with E-state index in [1.165, 1.54) is 12.0 Å². The summed E-state index contributed by atoms with van der Waals surface area (Å²) in [7, 11) is 1.68. The topological polar surface area (TPSA) is 29.5 Å². The van der Waals surface area contributed by atoms with Crippen LogP contribution in [0.5, 0.6) is 5.75 Å². The molecule has 1 aromatic rings. The van der Waals surface area contributed by atoms with Gasteiger partial charge in [-0.05, 0) is 35.4 Å². The van der Waals surface area contributed by atoms with E-state index >= 15 is 0 Å². The van der Waals surface area contributed by atoms with Crippen LogP contribution >= 0.6 is 11.8 Å². The van der Waals surface area contributed by atoms with Gasteiger partial charge >= 0.3 is 0 Å². The van der Waals surface area contributed by atoms with Crippen LogP contribution in [0.3, 0.4) is 0 Å². The highest BCUT2D eigenvalue weighted by Gasteiger charge is 2.05. The summed E-state index contributed by atoms with van der Waals surface area (Å²) in [6.07, 6.45) is 1.74. The lowest BCUT2D eigenvalue weighted by Crippen LogP contribution is -1.97. The summed E-state index contributed by atoms with van der Waals surface area (Å²) < 4.78 is 5.29. The normalized spacial score (nSPS) is 11.6. The van der Waals surface area contributed by atoms with Gasteiger partial charge in [-0.15, -0.1) is 0 Å². The molecule has 2 nitrogen and oxygen atoms in total. The molecule has 0 aliphatic rings. The van der Waals surface area contributed by atoms with E-state index in [2.05, 4.69) is 31.8 Å². The zero-order valence-corrected chi connectivity index (χ0v) is 13.4. The highest BCUT2D eigenvalue weighted by molar-refractivity contribution is 7.98. The summed E-state index contributed by atoms with van der Waals surface area (Å²) in [6, 6.07) is 6.00. The molecule has 1 rings (SSSR count). The Morgan fingerprint density at radius 2 is 2.20 bits per heavy atom. The summed E-state index contributed by atoms with van der Waals surface area (Å²) in [5.74, 6) is 9.86. The Morgan fingerprint density at radius 3 is 2.85 bits per heavy atom. The molecule has 0 aliphatic carbocycles. The third-order valence-corrected chi connectivity index (χ3v) is 4.45. The van der Waals surface area contributed by atoms with Gasteiger partial charge in [-0.1, -0.05) is 32.1 Å². The maximum absolute atomic E-state index is 8.80. The third kappa shape index (κ3) is 5.90. The molecule has 0 saturated heterocycles. The molecule has 0 radical (unpaired) electrons. The van der Waals surface area contributed by atoms with E-state index in [1.54, 1.807) is 7.11 Å². The van der Waals surface area contributed by atoms with Gasteiger partial charge in [0, 0.05) is 17.7 Å². The predicted molar refractivity (Wildman–Crippen MR) is 87.2 cm³/mol. The molecule has 0 heterocycles. The van der Waals surface area contributed by atoms with Gasteiger partial charge in [-0.2, -0.15) is 11.8 Å². The number of benzene rings is 1. The Kier molecular flexibility index (Phi) is 8.25. The number of rotatable bonds is 7. The molecule has 1 atom stereocenters. The van der Waals surface area contributed by atoms with Gasteiger partial charge in [-0.3, -0.25) is 0 Å². The minimum atomic E-state index is 0.112. The zero-order chi connectivity index (χ0) is 14.8. The fraction of sp³-hybridized carbons (Fsp3) is 0.529. The van der Waals surface area contributed by atoms with Crippen LogP contribution in [0.4, 0.5) is 0 Å². The van der Waals surface area contributed by atoms with Gasteiger partial charge in [0.2, 0.25) is 0 Å². The Morgan fingerprint density at radius 1 is 1.40 bits per heavy atom. The molecule has 1 N–H and O–H groups in total. The molecule has 3 heteroatoms. The van der Waals surface area contributed by atoms with Crippen LogP contribution < -0.4 is 4.74 Å². The van der Waals surface area contributed by atoms with Crippen molar-refractivity contribution in [1.29, 1.82) is 0 Å². The maximum atomic E-state index is 8.80. The molecule has 0 saturated carbocycles. The van der Waals surface area contributed by atoms with E-state index in [9.17, 15) is 0 Å². The Balaban J connectivity index is 2.76. The lowest BCUT2D eigenvalue weighted by atomic mass is 10.1. The average Bonchev–Trinajstić information content (AvgIpc) is 2.48. The molecule has 0 amide bonds. The number of hydrogen-bond donors (Lipinski definition) is 1. The van der Waals surface area contributed by atoms with Gasteiger partial charge in [0.1, 0.15) is 5.75 Å². The van der Waals surface area contributed by atoms with Crippen molar-refractivity contribution in [2.24, 2.45) is 5.92 Å². The van der Waals surface area contributed by atoms with Gasteiger partial charge in [0.25, 0.3) is 0 Å². The molecule has 0 fully saturated rings. The van der Waals surface area contributed by atoms with Crippen LogP contribution in [-0.2, 0) is 5.75 Å². The van der Waals surface area contributed by atoms with Crippen LogP contribution in [0.1, 0.15) is 37.8 Å². The summed E-state index contributed by atoms with van der Waals surface area (Å²) in [6.45, 7) is 4.62. The largest absolute Gasteiger partial charge is 0.497 e. The average molecular weight is 292 g/mol. The Hall–Kier alpha value is -1.11. The first kappa shape index (κ1) is 16.9. The van der Waals surface area contributed by atoms with E-state index in [0.717, 1.165) is 28.7 Å². The second-order valence-electron chi connectivity index (χ2n) is 4.83. The molecule has 0 aromatic heterocycles. The van der Waals surface area contributed by atoms with Crippen LogP contribution in [0.15, 0.2) is 18.2 Å². The van der Waals surface area contributed by atoms with Crippen molar-refractivity contribution in [2.45, 2.75) is 32.4 Å². The number of ether oxygens (including phenoxy) is 1. The van der Waals surface area contributed by atoms with Gasteiger partial charge in [0.15, 0.2) is 0 Å².